The number of nitrogens with one attached hydrogen (secondary N) is 1. The van der Waals surface area contributed by atoms with E-state index in [1.807, 2.05) is 13.8 Å². The molecule has 0 aliphatic rings. The normalized spacial score (nSPS) is 12.3. The molecule has 158 valence electrons. The summed E-state index contributed by atoms with van der Waals surface area (Å²) in [6, 6.07) is 5.62. The van der Waals surface area contributed by atoms with Gasteiger partial charge in [-0.05, 0) is 18.1 Å². The molecule has 0 amide bonds. The van der Waals surface area contributed by atoms with Crippen LogP contribution >= 0.6 is 11.6 Å². The molecule has 0 aliphatic carbocycles. The van der Waals surface area contributed by atoms with Crippen LogP contribution in [0.4, 0.5) is 10.2 Å². The molecule has 0 aliphatic heterocycles. The Bertz CT molecular complexity index is 1160. The monoisotopic (exact) mass is 433 g/mol. The van der Waals surface area contributed by atoms with E-state index >= 15 is 0 Å². The van der Waals surface area contributed by atoms with Gasteiger partial charge in [-0.1, -0.05) is 37.6 Å². The van der Waals surface area contributed by atoms with E-state index in [0.29, 0.717) is 11.1 Å². The quantitative estimate of drug-likeness (QED) is 0.525. The Morgan fingerprint density at radius 3 is 2.73 bits per heavy atom. The van der Waals surface area contributed by atoms with Gasteiger partial charge in [-0.3, -0.25) is 4.79 Å². The first-order valence-corrected chi connectivity index (χ1v) is 9.68. The lowest BCUT2D eigenvalue weighted by molar-refractivity contribution is 0.0694. The minimum atomic E-state index is -1.36. The maximum Gasteiger partial charge on any atom is 0.341 e. The van der Waals surface area contributed by atoms with Gasteiger partial charge in [-0.25, -0.2) is 14.2 Å². The van der Waals surface area contributed by atoms with E-state index in [1.165, 1.54) is 24.5 Å². The fourth-order valence-electron chi connectivity index (χ4n) is 3.26. The lowest BCUT2D eigenvalue weighted by Crippen LogP contribution is -2.25. The van der Waals surface area contributed by atoms with Crippen molar-refractivity contribution in [1.29, 1.82) is 0 Å². The van der Waals surface area contributed by atoms with Gasteiger partial charge in [-0.2, -0.15) is 0 Å². The lowest BCUT2D eigenvalue weighted by Gasteiger charge is -2.24. The van der Waals surface area contributed by atoms with E-state index in [0.717, 1.165) is 0 Å². The van der Waals surface area contributed by atoms with E-state index in [-0.39, 0.29) is 35.3 Å². The number of anilines is 1. The number of rotatable bonds is 7. The van der Waals surface area contributed by atoms with Gasteiger partial charge in [0.1, 0.15) is 17.2 Å². The molecule has 0 fully saturated rings. The molecule has 3 rings (SSSR count). The van der Waals surface area contributed by atoms with Crippen LogP contribution < -0.4 is 10.7 Å². The first-order valence-electron chi connectivity index (χ1n) is 9.30. The van der Waals surface area contributed by atoms with Crippen molar-refractivity contribution in [3.8, 4) is 0 Å². The van der Waals surface area contributed by atoms with E-state index in [4.69, 9.17) is 11.6 Å². The zero-order valence-corrected chi connectivity index (χ0v) is 17.2. The molecule has 2 heterocycles. The Morgan fingerprint density at radius 1 is 1.37 bits per heavy atom. The Balaban J connectivity index is 2.08. The Labute approximate surface area is 176 Å². The van der Waals surface area contributed by atoms with Crippen LogP contribution in [0, 0.1) is 11.7 Å². The Kier molecular flexibility index (Phi) is 6.38. The van der Waals surface area contributed by atoms with Crippen LogP contribution in [0.15, 0.2) is 41.5 Å². The average Bonchev–Trinajstić information content (AvgIpc) is 2.70. The van der Waals surface area contributed by atoms with Gasteiger partial charge in [0.2, 0.25) is 5.43 Å². The first-order chi connectivity index (χ1) is 14.2. The molecule has 0 radical (unpaired) electrons. The molecule has 1 aromatic carbocycles. The molecule has 3 aromatic rings. The summed E-state index contributed by atoms with van der Waals surface area (Å²) in [4.78, 5) is 28.6. The third-order valence-electron chi connectivity index (χ3n) is 4.95. The molecule has 0 saturated carbocycles. The van der Waals surface area contributed by atoms with E-state index < -0.39 is 28.8 Å². The molecule has 30 heavy (non-hydrogen) atoms. The van der Waals surface area contributed by atoms with Crippen LogP contribution in [0.3, 0.4) is 0 Å². The van der Waals surface area contributed by atoms with Crippen molar-refractivity contribution < 1.29 is 19.4 Å². The number of carboxylic acids is 1. The smallest absolute Gasteiger partial charge is 0.341 e. The SMILES string of the molecule is CC(C)[C@@H](CO)n1cc(C(=O)O)c(=O)c2cc(NCc3cccc(Cl)c3F)ncc21. The van der Waals surface area contributed by atoms with Crippen LogP contribution in [0.1, 0.15) is 35.8 Å². The summed E-state index contributed by atoms with van der Waals surface area (Å²) in [6.45, 7) is 3.61. The predicted octanol–water partition coefficient (Wildman–Crippen LogP) is 3.69. The summed E-state index contributed by atoms with van der Waals surface area (Å²) in [5, 5.41) is 22.3. The van der Waals surface area contributed by atoms with E-state index in [9.17, 15) is 24.2 Å². The summed E-state index contributed by atoms with van der Waals surface area (Å²) in [5.74, 6) is -1.65. The number of hydrogen-bond donors (Lipinski definition) is 3. The summed E-state index contributed by atoms with van der Waals surface area (Å²) in [5.41, 5.74) is -0.341. The summed E-state index contributed by atoms with van der Waals surface area (Å²) < 4.78 is 15.7. The summed E-state index contributed by atoms with van der Waals surface area (Å²) >= 11 is 5.79. The van der Waals surface area contributed by atoms with Gasteiger partial charge in [0.25, 0.3) is 0 Å². The highest BCUT2D eigenvalue weighted by Gasteiger charge is 2.21. The molecule has 0 saturated heterocycles. The number of carbonyl (C=O) groups is 1. The topological polar surface area (TPSA) is 104 Å². The maximum atomic E-state index is 14.1. The number of carboxylic acid groups (broad SMARTS) is 1. The summed E-state index contributed by atoms with van der Waals surface area (Å²) in [6.07, 6.45) is 2.67. The molecule has 0 spiro atoms. The second-order valence-electron chi connectivity index (χ2n) is 7.23. The zero-order chi connectivity index (χ0) is 22.0. The van der Waals surface area contributed by atoms with Gasteiger partial charge in [0.15, 0.2) is 0 Å². The highest BCUT2D eigenvalue weighted by molar-refractivity contribution is 6.30. The lowest BCUT2D eigenvalue weighted by atomic mass is 10.0. The van der Waals surface area contributed by atoms with Crippen molar-refractivity contribution >= 4 is 34.3 Å². The number of benzene rings is 1. The van der Waals surface area contributed by atoms with Gasteiger partial charge >= 0.3 is 5.97 Å². The summed E-state index contributed by atoms with van der Waals surface area (Å²) in [7, 11) is 0. The fraction of sp³-hybridized carbons (Fsp3) is 0.286. The molecular formula is C21H21ClFN3O4. The van der Waals surface area contributed by atoms with Gasteiger partial charge < -0.3 is 20.1 Å². The molecule has 2 aromatic heterocycles. The number of aliphatic hydroxyl groups excluding tert-OH is 1. The van der Waals surface area contributed by atoms with Gasteiger partial charge in [0, 0.05) is 18.3 Å². The van der Waals surface area contributed by atoms with Crippen molar-refractivity contribution in [2.24, 2.45) is 5.92 Å². The van der Waals surface area contributed by atoms with Gasteiger partial charge in [-0.15, -0.1) is 0 Å². The molecule has 1 atom stereocenters. The number of nitrogens with zero attached hydrogens (tertiary/aromatic N) is 2. The number of pyridine rings is 2. The van der Waals surface area contributed by atoms with Crippen LogP contribution in [-0.2, 0) is 6.54 Å². The number of halogens is 2. The van der Waals surface area contributed by atoms with Crippen molar-refractivity contribution in [3.05, 3.63) is 68.8 Å². The number of aromatic carboxylic acids is 1. The Morgan fingerprint density at radius 2 is 2.10 bits per heavy atom. The maximum absolute atomic E-state index is 14.1. The fourth-order valence-corrected chi connectivity index (χ4v) is 3.46. The number of aliphatic hydroxyl groups is 1. The van der Waals surface area contributed by atoms with Crippen LogP contribution in [0.2, 0.25) is 5.02 Å². The second kappa shape index (κ2) is 8.81. The average molecular weight is 434 g/mol. The second-order valence-corrected chi connectivity index (χ2v) is 7.64. The van der Waals surface area contributed by atoms with Crippen molar-refractivity contribution in [2.45, 2.75) is 26.4 Å². The number of hydrogen-bond acceptors (Lipinski definition) is 5. The zero-order valence-electron chi connectivity index (χ0n) is 16.4. The number of fused-ring (bicyclic) bond motifs is 1. The number of aromatic nitrogens is 2. The molecule has 9 heteroatoms. The molecule has 7 nitrogen and oxygen atoms in total. The Hall–Kier alpha value is -2.97. The highest BCUT2D eigenvalue weighted by atomic mass is 35.5. The van der Waals surface area contributed by atoms with Crippen LogP contribution in [-0.4, -0.2) is 32.3 Å². The highest BCUT2D eigenvalue weighted by Crippen LogP contribution is 2.24. The third kappa shape index (κ3) is 4.15. The molecule has 3 N–H and O–H groups in total. The van der Waals surface area contributed by atoms with E-state index in [2.05, 4.69) is 10.3 Å². The van der Waals surface area contributed by atoms with Crippen molar-refractivity contribution in [1.82, 2.24) is 9.55 Å². The molecule has 0 unspecified atom stereocenters. The minimum absolute atomic E-state index is 0.00140. The standard InChI is InChI=1S/C21H21ClFN3O4/c1-11(2)17(10-27)26-9-14(21(29)30)20(28)13-6-18(25-8-16(13)26)24-7-12-4-3-5-15(22)19(12)23/h3-6,8-9,11,17,27H,7,10H2,1-2H3,(H,24,25)(H,29,30)/t17-/m1/s1. The van der Waals surface area contributed by atoms with Crippen molar-refractivity contribution in [3.63, 3.8) is 0 Å². The predicted molar refractivity (Wildman–Crippen MR) is 113 cm³/mol. The minimum Gasteiger partial charge on any atom is -0.477 e. The van der Waals surface area contributed by atoms with Crippen LogP contribution in [0.25, 0.3) is 10.9 Å². The van der Waals surface area contributed by atoms with Crippen LogP contribution in [0.5, 0.6) is 0 Å². The molecular weight excluding hydrogens is 413 g/mol. The largest absolute Gasteiger partial charge is 0.477 e. The van der Waals surface area contributed by atoms with Crippen molar-refractivity contribution in [2.75, 3.05) is 11.9 Å². The first kappa shape index (κ1) is 21.7. The third-order valence-corrected chi connectivity index (χ3v) is 5.25. The molecule has 0 bridgehead atoms. The van der Waals surface area contributed by atoms with E-state index in [1.54, 1.807) is 16.7 Å². The van der Waals surface area contributed by atoms with Gasteiger partial charge in [0.05, 0.1) is 34.8 Å².